The van der Waals surface area contributed by atoms with E-state index < -0.39 is 10.7 Å². The molecule has 1 aromatic carbocycles. The first kappa shape index (κ1) is 9.39. The molecule has 1 aromatic heterocycles. The Morgan fingerprint density at radius 3 is 3.00 bits per heavy atom. The summed E-state index contributed by atoms with van der Waals surface area (Å²) in [6, 6.07) is 4.36. The van der Waals surface area contributed by atoms with Gasteiger partial charge in [0.1, 0.15) is 11.4 Å². The van der Waals surface area contributed by atoms with Crippen molar-refractivity contribution in [1.29, 1.82) is 0 Å². The average molecular weight is 207 g/mol. The average Bonchev–Trinajstić information content (AvgIpc) is 2.60. The van der Waals surface area contributed by atoms with Gasteiger partial charge in [0.05, 0.1) is 11.2 Å². The van der Waals surface area contributed by atoms with E-state index in [-0.39, 0.29) is 5.56 Å². The summed E-state index contributed by atoms with van der Waals surface area (Å²) in [6.45, 7) is 0. The van der Waals surface area contributed by atoms with Crippen molar-refractivity contribution in [2.24, 2.45) is 0 Å². The maximum atomic E-state index is 13.3. The number of hydrogen-bond acceptors (Lipinski definition) is 3. The highest BCUT2D eigenvalue weighted by Gasteiger charge is 2.05. The van der Waals surface area contributed by atoms with Crippen molar-refractivity contribution in [3.05, 3.63) is 52.2 Å². The van der Waals surface area contributed by atoms with E-state index in [0.29, 0.717) is 17.2 Å². The summed E-state index contributed by atoms with van der Waals surface area (Å²) < 4.78 is 18.3. The molecule has 0 N–H and O–H groups in total. The second kappa shape index (κ2) is 3.53. The molecule has 0 amide bonds. The van der Waals surface area contributed by atoms with Crippen molar-refractivity contribution in [3.63, 3.8) is 0 Å². The van der Waals surface area contributed by atoms with Gasteiger partial charge in [-0.2, -0.15) is 0 Å². The molecule has 1 heterocycles. The first-order valence-electron chi connectivity index (χ1n) is 4.15. The van der Waals surface area contributed by atoms with E-state index in [0.717, 1.165) is 6.08 Å². The molecule has 2 rings (SSSR count). The number of nitrogens with zero attached hydrogens (tertiary/aromatic N) is 1. The Morgan fingerprint density at radius 1 is 1.47 bits per heavy atom. The third-order valence-corrected chi connectivity index (χ3v) is 1.95. The number of halogens is 1. The Hall–Kier alpha value is -2.17. The molecule has 0 unspecified atom stereocenters. The largest absolute Gasteiger partial charge is 0.464 e. The summed E-state index contributed by atoms with van der Waals surface area (Å²) in [4.78, 5) is 9.44. The minimum Gasteiger partial charge on any atom is -0.464 e. The summed E-state index contributed by atoms with van der Waals surface area (Å²) in [7, 11) is 0. The molecule has 0 aliphatic heterocycles. The fourth-order valence-corrected chi connectivity index (χ4v) is 1.27. The van der Waals surface area contributed by atoms with Crippen LogP contribution in [0.3, 0.4) is 0 Å². The van der Waals surface area contributed by atoms with Crippen molar-refractivity contribution < 1.29 is 13.7 Å². The predicted octanol–water partition coefficient (Wildman–Crippen LogP) is 2.82. The number of benzene rings is 1. The molecule has 0 radical (unpaired) electrons. The Labute approximate surface area is 83.8 Å². The molecular weight excluding hydrogens is 201 g/mol. The molecule has 5 heteroatoms. The van der Waals surface area contributed by atoms with Gasteiger partial charge in [0.2, 0.25) is 6.20 Å². The molecule has 0 spiro atoms. The number of rotatable bonds is 2. The Bertz CT molecular complexity index is 545. The second-order valence-electron chi connectivity index (χ2n) is 2.93. The molecule has 0 aliphatic carbocycles. The molecule has 0 atom stereocenters. The van der Waals surface area contributed by atoms with Gasteiger partial charge in [0.15, 0.2) is 0 Å². The van der Waals surface area contributed by atoms with Crippen molar-refractivity contribution in [2.45, 2.75) is 0 Å². The zero-order valence-corrected chi connectivity index (χ0v) is 7.51. The zero-order valence-electron chi connectivity index (χ0n) is 7.51. The van der Waals surface area contributed by atoms with E-state index in [9.17, 15) is 14.5 Å². The van der Waals surface area contributed by atoms with Gasteiger partial charge < -0.3 is 4.42 Å². The normalized spacial score (nSPS) is 11.3. The third kappa shape index (κ3) is 1.85. The maximum absolute atomic E-state index is 13.3. The van der Waals surface area contributed by atoms with Gasteiger partial charge >= 0.3 is 0 Å². The van der Waals surface area contributed by atoms with Gasteiger partial charge in [-0.05, 0) is 12.1 Å². The van der Waals surface area contributed by atoms with Crippen LogP contribution in [0.25, 0.3) is 17.0 Å². The van der Waals surface area contributed by atoms with Crippen molar-refractivity contribution in [3.8, 4) is 0 Å². The topological polar surface area (TPSA) is 56.3 Å². The monoisotopic (exact) mass is 207 g/mol. The van der Waals surface area contributed by atoms with Crippen LogP contribution in [0, 0.1) is 15.9 Å². The minimum atomic E-state index is -0.640. The predicted molar refractivity (Wildman–Crippen MR) is 52.2 cm³/mol. The van der Waals surface area contributed by atoms with E-state index >= 15 is 0 Å². The maximum Gasteiger partial charge on any atom is 0.235 e. The Morgan fingerprint density at radius 2 is 2.27 bits per heavy atom. The van der Waals surface area contributed by atoms with Crippen LogP contribution in [0.5, 0.6) is 0 Å². The lowest BCUT2D eigenvalue weighted by molar-refractivity contribution is -0.400. The quantitative estimate of drug-likeness (QED) is 0.562. The molecular formula is C10H6FNO3. The van der Waals surface area contributed by atoms with Crippen LogP contribution in [0.15, 0.2) is 35.1 Å². The van der Waals surface area contributed by atoms with Crippen molar-refractivity contribution in [1.82, 2.24) is 0 Å². The van der Waals surface area contributed by atoms with Crippen molar-refractivity contribution >= 4 is 17.0 Å². The van der Waals surface area contributed by atoms with Gasteiger partial charge in [0, 0.05) is 23.1 Å². The SMILES string of the molecule is O=[N+]([O-])C=Cc1cc2ccoc2cc1F. The van der Waals surface area contributed by atoms with E-state index in [2.05, 4.69) is 0 Å². The minimum absolute atomic E-state index is 0.167. The zero-order chi connectivity index (χ0) is 10.8. The molecule has 0 bridgehead atoms. The molecule has 4 nitrogen and oxygen atoms in total. The highest BCUT2D eigenvalue weighted by Crippen LogP contribution is 2.20. The van der Waals surface area contributed by atoms with Crippen LogP contribution in [-0.2, 0) is 0 Å². The van der Waals surface area contributed by atoms with E-state index in [1.807, 2.05) is 0 Å². The summed E-state index contributed by atoms with van der Waals surface area (Å²) in [6.07, 6.45) is 3.25. The standard InChI is InChI=1S/C10H6FNO3/c11-9-6-10-8(2-4-15-10)5-7(9)1-3-12(13)14/h1-6H. The summed E-state index contributed by atoms with van der Waals surface area (Å²) in [5.41, 5.74) is 0.589. The lowest BCUT2D eigenvalue weighted by Gasteiger charge is -1.95. The van der Waals surface area contributed by atoms with Gasteiger partial charge in [-0.1, -0.05) is 0 Å². The number of furan rings is 1. The van der Waals surface area contributed by atoms with E-state index in [1.165, 1.54) is 18.4 Å². The van der Waals surface area contributed by atoms with Crippen LogP contribution >= 0.6 is 0 Å². The first-order valence-corrected chi connectivity index (χ1v) is 4.15. The second-order valence-corrected chi connectivity index (χ2v) is 2.93. The summed E-state index contributed by atoms with van der Waals surface area (Å²) in [5, 5.41) is 10.8. The molecule has 0 saturated carbocycles. The number of fused-ring (bicyclic) bond motifs is 1. The molecule has 76 valence electrons. The van der Waals surface area contributed by atoms with E-state index in [4.69, 9.17) is 4.42 Å². The smallest absolute Gasteiger partial charge is 0.235 e. The van der Waals surface area contributed by atoms with Crippen LogP contribution in [0.2, 0.25) is 0 Å². The highest BCUT2D eigenvalue weighted by molar-refractivity contribution is 5.80. The van der Waals surface area contributed by atoms with E-state index in [1.54, 1.807) is 6.07 Å². The first-order chi connectivity index (χ1) is 7.16. The molecule has 0 saturated heterocycles. The fraction of sp³-hybridized carbons (Fsp3) is 0. The van der Waals surface area contributed by atoms with Crippen LogP contribution in [-0.4, -0.2) is 4.92 Å². The fourth-order valence-electron chi connectivity index (χ4n) is 1.27. The third-order valence-electron chi connectivity index (χ3n) is 1.95. The molecule has 0 aliphatic rings. The Balaban J connectivity index is 2.50. The molecule has 0 fully saturated rings. The lowest BCUT2D eigenvalue weighted by Crippen LogP contribution is -1.85. The summed E-state index contributed by atoms with van der Waals surface area (Å²) >= 11 is 0. The molecule has 15 heavy (non-hydrogen) atoms. The van der Waals surface area contributed by atoms with Gasteiger partial charge in [-0.25, -0.2) is 4.39 Å². The van der Waals surface area contributed by atoms with Crippen LogP contribution in [0.1, 0.15) is 5.56 Å². The summed E-state index contributed by atoms with van der Waals surface area (Å²) in [5.74, 6) is -0.546. The highest BCUT2D eigenvalue weighted by atomic mass is 19.1. The lowest BCUT2D eigenvalue weighted by atomic mass is 10.1. The van der Waals surface area contributed by atoms with Gasteiger partial charge in [-0.15, -0.1) is 0 Å². The number of hydrogen-bond donors (Lipinski definition) is 0. The van der Waals surface area contributed by atoms with Crippen LogP contribution in [0.4, 0.5) is 4.39 Å². The molecule has 2 aromatic rings. The van der Waals surface area contributed by atoms with Gasteiger partial charge in [0.25, 0.3) is 0 Å². The van der Waals surface area contributed by atoms with Crippen molar-refractivity contribution in [2.75, 3.05) is 0 Å². The van der Waals surface area contributed by atoms with Crippen LogP contribution < -0.4 is 0 Å². The number of nitro groups is 1. The Kier molecular flexibility index (Phi) is 2.21. The van der Waals surface area contributed by atoms with Gasteiger partial charge in [-0.3, -0.25) is 10.1 Å².